The van der Waals surface area contributed by atoms with E-state index < -0.39 is 0 Å². The standard InChI is InChI=1S/C21H23ClN4O/c1-4-14(2)23-21-25-17(15-8-6-5-7-9-15)13-20(26-21)24-18-12-16(22)10-11-19(18)27-3/h5-14H,4H2,1-3H3,(H2,23,24,25,26)/t14-/m0/s1. The summed E-state index contributed by atoms with van der Waals surface area (Å²) in [5.41, 5.74) is 2.60. The molecule has 6 heteroatoms. The molecule has 1 heterocycles. The summed E-state index contributed by atoms with van der Waals surface area (Å²) in [4.78, 5) is 9.29. The Bertz CT molecular complexity index is 902. The molecule has 1 aromatic heterocycles. The Hall–Kier alpha value is -2.79. The van der Waals surface area contributed by atoms with Gasteiger partial charge in [-0.25, -0.2) is 4.98 Å². The van der Waals surface area contributed by atoms with Crippen molar-refractivity contribution in [1.82, 2.24) is 9.97 Å². The van der Waals surface area contributed by atoms with Crippen molar-refractivity contribution in [2.75, 3.05) is 17.7 Å². The van der Waals surface area contributed by atoms with Crippen LogP contribution in [0.2, 0.25) is 5.02 Å². The third-order valence-corrected chi connectivity index (χ3v) is 4.44. The molecule has 5 nitrogen and oxygen atoms in total. The molecule has 0 saturated carbocycles. The highest BCUT2D eigenvalue weighted by molar-refractivity contribution is 6.31. The van der Waals surface area contributed by atoms with E-state index in [9.17, 15) is 0 Å². The van der Waals surface area contributed by atoms with Crippen molar-refractivity contribution >= 4 is 29.1 Å². The molecule has 0 amide bonds. The molecule has 2 aromatic carbocycles. The number of ether oxygens (including phenoxy) is 1. The van der Waals surface area contributed by atoms with Crippen molar-refractivity contribution in [3.05, 3.63) is 59.6 Å². The number of hydrogen-bond donors (Lipinski definition) is 2. The van der Waals surface area contributed by atoms with Gasteiger partial charge >= 0.3 is 0 Å². The lowest BCUT2D eigenvalue weighted by atomic mass is 10.1. The Morgan fingerprint density at radius 1 is 1.07 bits per heavy atom. The van der Waals surface area contributed by atoms with Gasteiger partial charge in [-0.2, -0.15) is 4.98 Å². The van der Waals surface area contributed by atoms with Gasteiger partial charge in [0.15, 0.2) is 0 Å². The minimum Gasteiger partial charge on any atom is -0.495 e. The van der Waals surface area contributed by atoms with Crippen LogP contribution in [0.25, 0.3) is 11.3 Å². The molecule has 2 N–H and O–H groups in total. The molecule has 140 valence electrons. The molecule has 0 bridgehead atoms. The van der Waals surface area contributed by atoms with Gasteiger partial charge in [0.05, 0.1) is 18.5 Å². The monoisotopic (exact) mass is 382 g/mol. The number of hydrogen-bond acceptors (Lipinski definition) is 5. The van der Waals surface area contributed by atoms with Gasteiger partial charge in [-0.1, -0.05) is 48.9 Å². The first-order valence-electron chi connectivity index (χ1n) is 8.90. The minimum atomic E-state index is 0.268. The van der Waals surface area contributed by atoms with Gasteiger partial charge in [-0.05, 0) is 31.5 Å². The molecule has 0 aliphatic rings. The summed E-state index contributed by atoms with van der Waals surface area (Å²) in [6.07, 6.45) is 0.976. The Balaban J connectivity index is 2.01. The average molecular weight is 383 g/mol. The Kier molecular flexibility index (Phi) is 6.14. The van der Waals surface area contributed by atoms with Crippen LogP contribution in [0.4, 0.5) is 17.5 Å². The lowest BCUT2D eigenvalue weighted by molar-refractivity contribution is 0.417. The number of nitrogens with one attached hydrogen (secondary N) is 2. The third-order valence-electron chi connectivity index (χ3n) is 4.21. The highest BCUT2D eigenvalue weighted by Gasteiger charge is 2.11. The van der Waals surface area contributed by atoms with Crippen molar-refractivity contribution in [3.63, 3.8) is 0 Å². The normalized spacial score (nSPS) is 11.7. The van der Waals surface area contributed by atoms with E-state index in [0.29, 0.717) is 22.5 Å². The zero-order valence-corrected chi connectivity index (χ0v) is 16.4. The maximum Gasteiger partial charge on any atom is 0.225 e. The first-order chi connectivity index (χ1) is 13.1. The lowest BCUT2D eigenvalue weighted by Crippen LogP contribution is -2.16. The van der Waals surface area contributed by atoms with E-state index in [2.05, 4.69) is 34.4 Å². The molecule has 0 fully saturated rings. The maximum absolute atomic E-state index is 6.15. The van der Waals surface area contributed by atoms with Gasteiger partial charge in [0.25, 0.3) is 0 Å². The van der Waals surface area contributed by atoms with Gasteiger partial charge in [-0.3, -0.25) is 0 Å². The number of rotatable bonds is 7. The van der Waals surface area contributed by atoms with Crippen LogP contribution in [0.1, 0.15) is 20.3 Å². The predicted octanol–water partition coefficient (Wildman–Crippen LogP) is 5.76. The highest BCUT2D eigenvalue weighted by atomic mass is 35.5. The van der Waals surface area contributed by atoms with Crippen molar-refractivity contribution in [2.24, 2.45) is 0 Å². The predicted molar refractivity (Wildman–Crippen MR) is 112 cm³/mol. The van der Waals surface area contributed by atoms with Crippen LogP contribution < -0.4 is 15.4 Å². The fourth-order valence-electron chi connectivity index (χ4n) is 2.57. The van der Waals surface area contributed by atoms with Gasteiger partial charge in [0, 0.05) is 22.7 Å². The fourth-order valence-corrected chi connectivity index (χ4v) is 2.74. The highest BCUT2D eigenvalue weighted by Crippen LogP contribution is 2.31. The van der Waals surface area contributed by atoms with Crippen molar-refractivity contribution in [1.29, 1.82) is 0 Å². The molecule has 0 saturated heterocycles. The van der Waals surface area contributed by atoms with Crippen LogP contribution >= 0.6 is 11.6 Å². The number of nitrogens with zero attached hydrogens (tertiary/aromatic N) is 2. The summed E-state index contributed by atoms with van der Waals surface area (Å²) in [7, 11) is 1.62. The van der Waals surface area contributed by atoms with Crippen molar-refractivity contribution < 1.29 is 4.74 Å². The van der Waals surface area contributed by atoms with Crippen LogP contribution in [0, 0.1) is 0 Å². The SMILES string of the molecule is CC[C@H](C)Nc1nc(Nc2cc(Cl)ccc2OC)cc(-c2ccccc2)n1. The largest absolute Gasteiger partial charge is 0.495 e. The van der Waals surface area contributed by atoms with Gasteiger partial charge in [0.2, 0.25) is 5.95 Å². The van der Waals surface area contributed by atoms with E-state index in [-0.39, 0.29) is 6.04 Å². The minimum absolute atomic E-state index is 0.268. The molecule has 3 rings (SSSR count). The third kappa shape index (κ3) is 4.89. The van der Waals surface area contributed by atoms with Gasteiger partial charge in [0.1, 0.15) is 11.6 Å². The summed E-state index contributed by atoms with van der Waals surface area (Å²) < 4.78 is 5.42. The summed E-state index contributed by atoms with van der Waals surface area (Å²) >= 11 is 6.15. The van der Waals surface area contributed by atoms with E-state index in [1.54, 1.807) is 13.2 Å². The van der Waals surface area contributed by atoms with Crippen LogP contribution in [0.15, 0.2) is 54.6 Å². The first kappa shape index (κ1) is 19.0. The number of aromatic nitrogens is 2. The topological polar surface area (TPSA) is 59.1 Å². The van der Waals surface area contributed by atoms with Gasteiger partial charge < -0.3 is 15.4 Å². The molecular formula is C21H23ClN4O. The van der Waals surface area contributed by atoms with E-state index in [1.165, 1.54) is 0 Å². The van der Waals surface area contributed by atoms with E-state index in [1.807, 2.05) is 48.5 Å². The van der Waals surface area contributed by atoms with Crippen LogP contribution in [0.3, 0.4) is 0 Å². The molecule has 0 spiro atoms. The van der Waals surface area contributed by atoms with Crippen LogP contribution in [0.5, 0.6) is 5.75 Å². The summed E-state index contributed by atoms with van der Waals surface area (Å²) in [6.45, 7) is 4.22. The fraction of sp³-hybridized carbons (Fsp3) is 0.238. The average Bonchev–Trinajstić information content (AvgIpc) is 2.68. The van der Waals surface area contributed by atoms with Crippen LogP contribution in [-0.4, -0.2) is 23.1 Å². The Morgan fingerprint density at radius 2 is 1.85 bits per heavy atom. The molecule has 0 aliphatic carbocycles. The Morgan fingerprint density at radius 3 is 2.56 bits per heavy atom. The van der Waals surface area contributed by atoms with Crippen molar-refractivity contribution in [3.8, 4) is 17.0 Å². The molecule has 1 atom stereocenters. The smallest absolute Gasteiger partial charge is 0.225 e. The quantitative estimate of drug-likeness (QED) is 0.544. The number of halogens is 1. The Labute approximate surface area is 164 Å². The second kappa shape index (κ2) is 8.73. The zero-order chi connectivity index (χ0) is 19.2. The first-order valence-corrected chi connectivity index (χ1v) is 9.28. The molecule has 0 unspecified atom stereocenters. The lowest BCUT2D eigenvalue weighted by Gasteiger charge is -2.16. The van der Waals surface area contributed by atoms with Crippen LogP contribution in [-0.2, 0) is 0 Å². The summed E-state index contributed by atoms with van der Waals surface area (Å²) in [6, 6.07) is 17.6. The number of methoxy groups -OCH3 is 1. The molecule has 0 aliphatic heterocycles. The summed E-state index contributed by atoms with van der Waals surface area (Å²) in [5.74, 6) is 1.93. The van der Waals surface area contributed by atoms with Gasteiger partial charge in [-0.15, -0.1) is 0 Å². The number of anilines is 3. The molecule has 0 radical (unpaired) electrons. The van der Waals surface area contributed by atoms with E-state index >= 15 is 0 Å². The number of benzene rings is 2. The van der Waals surface area contributed by atoms with Crippen molar-refractivity contribution in [2.45, 2.75) is 26.3 Å². The molecule has 27 heavy (non-hydrogen) atoms. The second-order valence-electron chi connectivity index (χ2n) is 6.25. The molecule has 3 aromatic rings. The summed E-state index contributed by atoms with van der Waals surface area (Å²) in [5, 5.41) is 7.27. The zero-order valence-electron chi connectivity index (χ0n) is 15.7. The van der Waals surface area contributed by atoms with E-state index in [4.69, 9.17) is 16.3 Å². The van der Waals surface area contributed by atoms with E-state index in [0.717, 1.165) is 23.4 Å². The maximum atomic E-state index is 6.15. The molecular weight excluding hydrogens is 360 g/mol. The second-order valence-corrected chi connectivity index (χ2v) is 6.69.